The summed E-state index contributed by atoms with van der Waals surface area (Å²) >= 11 is 0. The molecule has 4 nitrogen and oxygen atoms in total. The van der Waals surface area contributed by atoms with Crippen LogP contribution in [-0.2, 0) is 14.3 Å². The molecule has 0 aliphatic heterocycles. The van der Waals surface area contributed by atoms with Gasteiger partial charge < -0.3 is 9.84 Å². The van der Waals surface area contributed by atoms with Crippen LogP contribution in [0, 0.1) is 11.8 Å². The van der Waals surface area contributed by atoms with Gasteiger partial charge in [0.1, 0.15) is 0 Å². The average molecular weight is 182 g/mol. The van der Waals surface area contributed by atoms with Gasteiger partial charge in [0.25, 0.3) is 0 Å². The first-order valence-corrected chi connectivity index (χ1v) is 3.82. The third kappa shape index (κ3) is 2.18. The minimum atomic E-state index is -0.921. The van der Waals surface area contributed by atoms with Crippen LogP contribution in [0.5, 0.6) is 0 Å². The standard InChI is InChI=1S/C9H10O4/c1-13-9(12)7-4-2-6(3-5-7)8(10)11/h2-7H,1H3,(H,10,11). The molecule has 0 atom stereocenters. The third-order valence-corrected chi connectivity index (χ3v) is 1.81. The molecule has 0 saturated heterocycles. The predicted molar refractivity (Wildman–Crippen MR) is 44.9 cm³/mol. The van der Waals surface area contributed by atoms with Crippen LogP contribution in [0.3, 0.4) is 0 Å². The number of ether oxygens (including phenoxy) is 1. The lowest BCUT2D eigenvalue weighted by molar-refractivity contribution is -0.143. The fourth-order valence-corrected chi connectivity index (χ4v) is 1.06. The van der Waals surface area contributed by atoms with Gasteiger partial charge in [-0.2, -0.15) is 0 Å². The van der Waals surface area contributed by atoms with Crippen LogP contribution in [0.1, 0.15) is 0 Å². The maximum Gasteiger partial charge on any atom is 0.316 e. The first-order chi connectivity index (χ1) is 6.15. The molecule has 0 fully saturated rings. The van der Waals surface area contributed by atoms with Gasteiger partial charge in [-0.05, 0) is 0 Å². The van der Waals surface area contributed by atoms with Crippen molar-refractivity contribution in [3.05, 3.63) is 24.3 Å². The van der Waals surface area contributed by atoms with Gasteiger partial charge in [0, 0.05) is 0 Å². The average Bonchev–Trinajstić information content (AvgIpc) is 2.17. The van der Waals surface area contributed by atoms with Crippen LogP contribution in [0.25, 0.3) is 0 Å². The highest BCUT2D eigenvalue weighted by atomic mass is 16.5. The Morgan fingerprint density at radius 3 is 2.00 bits per heavy atom. The van der Waals surface area contributed by atoms with E-state index in [-0.39, 0.29) is 5.97 Å². The first-order valence-electron chi connectivity index (χ1n) is 3.82. The van der Waals surface area contributed by atoms with E-state index in [0.717, 1.165) is 0 Å². The lowest BCUT2D eigenvalue weighted by Crippen LogP contribution is -2.17. The molecular formula is C9H10O4. The number of carboxylic acid groups (broad SMARTS) is 1. The molecule has 4 heteroatoms. The molecule has 1 aliphatic rings. The summed E-state index contributed by atoms with van der Waals surface area (Å²) in [6, 6.07) is 0. The number of carboxylic acids is 1. The smallest absolute Gasteiger partial charge is 0.316 e. The zero-order chi connectivity index (χ0) is 9.84. The molecule has 0 saturated carbocycles. The summed E-state index contributed by atoms with van der Waals surface area (Å²) in [4.78, 5) is 21.5. The molecule has 0 unspecified atom stereocenters. The van der Waals surface area contributed by atoms with Crippen molar-refractivity contribution in [2.24, 2.45) is 11.8 Å². The summed E-state index contributed by atoms with van der Waals surface area (Å²) in [6.07, 6.45) is 6.02. The van der Waals surface area contributed by atoms with Crippen molar-refractivity contribution in [1.29, 1.82) is 0 Å². The van der Waals surface area contributed by atoms with Crippen LogP contribution in [0.4, 0.5) is 0 Å². The number of hydrogen-bond donors (Lipinski definition) is 1. The second-order valence-electron chi connectivity index (χ2n) is 2.68. The molecule has 13 heavy (non-hydrogen) atoms. The van der Waals surface area contributed by atoms with Crippen molar-refractivity contribution in [1.82, 2.24) is 0 Å². The number of carbonyl (C=O) groups is 2. The topological polar surface area (TPSA) is 63.6 Å². The zero-order valence-electron chi connectivity index (χ0n) is 7.14. The Bertz CT molecular complexity index is 263. The normalized spacial score (nSPS) is 25.6. The number of esters is 1. The number of methoxy groups -OCH3 is 1. The first kappa shape index (κ1) is 9.51. The van der Waals surface area contributed by atoms with Crippen LogP contribution in [0.15, 0.2) is 24.3 Å². The summed E-state index contributed by atoms with van der Waals surface area (Å²) in [5, 5.41) is 8.60. The van der Waals surface area contributed by atoms with E-state index in [1.807, 2.05) is 0 Å². The lowest BCUT2D eigenvalue weighted by Gasteiger charge is -2.11. The Morgan fingerprint density at radius 2 is 1.62 bits per heavy atom. The highest BCUT2D eigenvalue weighted by molar-refractivity contribution is 5.80. The second kappa shape index (κ2) is 3.89. The van der Waals surface area contributed by atoms with Crippen molar-refractivity contribution in [3.8, 4) is 0 Å². The van der Waals surface area contributed by atoms with Crippen LogP contribution in [-0.4, -0.2) is 24.2 Å². The minimum absolute atomic E-state index is 0.378. The monoisotopic (exact) mass is 182 g/mol. The van der Waals surface area contributed by atoms with Gasteiger partial charge in [0.05, 0.1) is 18.9 Å². The molecule has 0 heterocycles. The summed E-state index contributed by atoms with van der Waals surface area (Å²) in [5.41, 5.74) is 0. The van der Waals surface area contributed by atoms with Gasteiger partial charge >= 0.3 is 11.9 Å². The summed E-state index contributed by atoms with van der Waals surface area (Å²) in [6.45, 7) is 0. The fraction of sp³-hybridized carbons (Fsp3) is 0.333. The van der Waals surface area contributed by atoms with Crippen molar-refractivity contribution >= 4 is 11.9 Å². The van der Waals surface area contributed by atoms with E-state index in [1.165, 1.54) is 31.4 Å². The highest BCUT2D eigenvalue weighted by Crippen LogP contribution is 2.15. The Hall–Kier alpha value is -1.58. The summed E-state index contributed by atoms with van der Waals surface area (Å²) in [5.74, 6) is -2.37. The van der Waals surface area contributed by atoms with E-state index in [2.05, 4.69) is 4.74 Å². The molecule has 0 aromatic carbocycles. The maximum absolute atomic E-state index is 11.0. The van der Waals surface area contributed by atoms with Gasteiger partial charge in [-0.1, -0.05) is 24.3 Å². The molecule has 0 bridgehead atoms. The quantitative estimate of drug-likeness (QED) is 0.501. The Balaban J connectivity index is 2.63. The van der Waals surface area contributed by atoms with Crippen LogP contribution < -0.4 is 0 Å². The Morgan fingerprint density at radius 1 is 1.15 bits per heavy atom. The number of carbonyl (C=O) groups excluding carboxylic acids is 1. The summed E-state index contributed by atoms with van der Waals surface area (Å²) < 4.78 is 4.50. The van der Waals surface area contributed by atoms with Crippen LogP contribution in [0.2, 0.25) is 0 Å². The van der Waals surface area contributed by atoms with Crippen molar-refractivity contribution < 1.29 is 19.4 Å². The Labute approximate surface area is 75.5 Å². The van der Waals surface area contributed by atoms with Gasteiger partial charge in [-0.3, -0.25) is 9.59 Å². The molecule has 1 aliphatic carbocycles. The van der Waals surface area contributed by atoms with Crippen molar-refractivity contribution in [3.63, 3.8) is 0 Å². The van der Waals surface area contributed by atoms with E-state index >= 15 is 0 Å². The van der Waals surface area contributed by atoms with Gasteiger partial charge in [-0.25, -0.2) is 0 Å². The molecule has 70 valence electrons. The van der Waals surface area contributed by atoms with Gasteiger partial charge in [0.15, 0.2) is 0 Å². The molecule has 0 radical (unpaired) electrons. The van der Waals surface area contributed by atoms with E-state index in [9.17, 15) is 9.59 Å². The molecule has 0 amide bonds. The zero-order valence-corrected chi connectivity index (χ0v) is 7.14. The van der Waals surface area contributed by atoms with Crippen LogP contribution >= 0.6 is 0 Å². The predicted octanol–water partition coefficient (Wildman–Crippen LogP) is 0.602. The summed E-state index contributed by atoms with van der Waals surface area (Å²) in [7, 11) is 1.30. The second-order valence-corrected chi connectivity index (χ2v) is 2.68. The molecule has 1 N–H and O–H groups in total. The van der Waals surface area contributed by atoms with E-state index < -0.39 is 17.8 Å². The number of aliphatic carboxylic acids is 1. The van der Waals surface area contributed by atoms with E-state index in [4.69, 9.17) is 5.11 Å². The van der Waals surface area contributed by atoms with Crippen molar-refractivity contribution in [2.75, 3.05) is 7.11 Å². The molecule has 0 aromatic heterocycles. The number of rotatable bonds is 2. The molecule has 0 aromatic rings. The SMILES string of the molecule is COC(=O)C1C=CC(C(=O)O)C=C1. The van der Waals surface area contributed by atoms with Gasteiger partial charge in [0.2, 0.25) is 0 Å². The lowest BCUT2D eigenvalue weighted by atomic mass is 9.96. The molecular weight excluding hydrogens is 172 g/mol. The fourth-order valence-electron chi connectivity index (χ4n) is 1.06. The minimum Gasteiger partial charge on any atom is -0.481 e. The van der Waals surface area contributed by atoms with E-state index in [1.54, 1.807) is 0 Å². The highest BCUT2D eigenvalue weighted by Gasteiger charge is 2.19. The van der Waals surface area contributed by atoms with Gasteiger partial charge in [-0.15, -0.1) is 0 Å². The molecule has 0 spiro atoms. The largest absolute Gasteiger partial charge is 0.481 e. The van der Waals surface area contributed by atoms with Crippen molar-refractivity contribution in [2.45, 2.75) is 0 Å². The Kier molecular flexibility index (Phi) is 2.84. The molecule has 1 rings (SSSR count). The number of hydrogen-bond acceptors (Lipinski definition) is 3. The van der Waals surface area contributed by atoms with E-state index in [0.29, 0.717) is 0 Å². The maximum atomic E-state index is 11.0. The third-order valence-electron chi connectivity index (χ3n) is 1.81.